The lowest BCUT2D eigenvalue weighted by Gasteiger charge is -2.13. The number of sulfone groups is 1. The normalized spacial score (nSPS) is 11.3. The van der Waals surface area contributed by atoms with Crippen molar-refractivity contribution in [3.8, 4) is 5.75 Å². The molecular formula is C13H20N2O3S. The van der Waals surface area contributed by atoms with Gasteiger partial charge >= 0.3 is 0 Å². The number of aryl methyl sites for hydroxylation is 2. The Kier molecular flexibility index (Phi) is 4.94. The van der Waals surface area contributed by atoms with Crippen molar-refractivity contribution in [3.05, 3.63) is 28.8 Å². The van der Waals surface area contributed by atoms with E-state index in [0.29, 0.717) is 18.6 Å². The van der Waals surface area contributed by atoms with Crippen LogP contribution in [0, 0.1) is 19.3 Å². The van der Waals surface area contributed by atoms with Crippen LogP contribution >= 0.6 is 0 Å². The number of amidine groups is 1. The van der Waals surface area contributed by atoms with Gasteiger partial charge in [-0.15, -0.1) is 0 Å². The first kappa shape index (κ1) is 15.5. The molecule has 1 rings (SSSR count). The average Bonchev–Trinajstić information content (AvgIpc) is 2.25. The highest BCUT2D eigenvalue weighted by molar-refractivity contribution is 7.90. The zero-order valence-electron chi connectivity index (χ0n) is 11.5. The second-order valence-electron chi connectivity index (χ2n) is 4.68. The van der Waals surface area contributed by atoms with E-state index in [0.717, 1.165) is 16.9 Å². The van der Waals surface area contributed by atoms with E-state index in [4.69, 9.17) is 15.9 Å². The minimum absolute atomic E-state index is 0.0230. The van der Waals surface area contributed by atoms with Crippen molar-refractivity contribution in [1.29, 1.82) is 5.41 Å². The van der Waals surface area contributed by atoms with Gasteiger partial charge in [-0.2, -0.15) is 0 Å². The molecule has 1 aromatic carbocycles. The van der Waals surface area contributed by atoms with Gasteiger partial charge in [-0.25, -0.2) is 8.42 Å². The van der Waals surface area contributed by atoms with Gasteiger partial charge in [0.25, 0.3) is 0 Å². The van der Waals surface area contributed by atoms with E-state index in [1.807, 2.05) is 13.8 Å². The van der Waals surface area contributed by atoms with Crippen molar-refractivity contribution in [2.75, 3.05) is 18.6 Å². The fourth-order valence-corrected chi connectivity index (χ4v) is 2.47. The summed E-state index contributed by atoms with van der Waals surface area (Å²) in [5.74, 6) is 0.879. The summed E-state index contributed by atoms with van der Waals surface area (Å²) in [6, 6.07) is 3.59. The Morgan fingerprint density at radius 3 is 2.26 bits per heavy atom. The largest absolute Gasteiger partial charge is 0.493 e. The van der Waals surface area contributed by atoms with Crippen molar-refractivity contribution in [2.24, 2.45) is 5.73 Å². The van der Waals surface area contributed by atoms with Gasteiger partial charge in [0.1, 0.15) is 21.4 Å². The molecule has 0 bridgehead atoms. The number of nitrogen functional groups attached to an aromatic ring is 1. The van der Waals surface area contributed by atoms with E-state index in [1.54, 1.807) is 12.1 Å². The minimum Gasteiger partial charge on any atom is -0.493 e. The molecule has 0 aromatic heterocycles. The maximum atomic E-state index is 11.0. The number of benzene rings is 1. The molecule has 6 heteroatoms. The molecule has 3 N–H and O–H groups in total. The van der Waals surface area contributed by atoms with Gasteiger partial charge in [0.05, 0.1) is 12.4 Å². The van der Waals surface area contributed by atoms with E-state index in [2.05, 4.69) is 0 Å². The van der Waals surface area contributed by atoms with Crippen LogP contribution in [-0.2, 0) is 9.84 Å². The molecule has 0 saturated heterocycles. The quantitative estimate of drug-likeness (QED) is 0.469. The topological polar surface area (TPSA) is 93.2 Å². The Morgan fingerprint density at radius 1 is 1.32 bits per heavy atom. The molecule has 0 radical (unpaired) electrons. The third-order valence-corrected chi connectivity index (χ3v) is 3.71. The van der Waals surface area contributed by atoms with Crippen molar-refractivity contribution < 1.29 is 13.2 Å². The summed E-state index contributed by atoms with van der Waals surface area (Å²) in [4.78, 5) is 0. The third-order valence-electron chi connectivity index (χ3n) is 2.68. The molecule has 0 atom stereocenters. The summed E-state index contributed by atoms with van der Waals surface area (Å²) in [5, 5.41) is 7.41. The molecule has 0 saturated carbocycles. The highest BCUT2D eigenvalue weighted by Crippen LogP contribution is 2.24. The van der Waals surface area contributed by atoms with Crippen LogP contribution in [0.15, 0.2) is 12.1 Å². The molecule has 0 spiro atoms. The average molecular weight is 284 g/mol. The van der Waals surface area contributed by atoms with Gasteiger partial charge in [-0.1, -0.05) is 0 Å². The second-order valence-corrected chi connectivity index (χ2v) is 6.94. The molecule has 0 aliphatic carbocycles. The van der Waals surface area contributed by atoms with Gasteiger partial charge in [-0.05, 0) is 43.5 Å². The molecule has 0 amide bonds. The van der Waals surface area contributed by atoms with Crippen molar-refractivity contribution in [2.45, 2.75) is 20.3 Å². The monoisotopic (exact) mass is 284 g/mol. The van der Waals surface area contributed by atoms with Crippen LogP contribution in [0.4, 0.5) is 0 Å². The van der Waals surface area contributed by atoms with Crippen LogP contribution in [-0.4, -0.2) is 32.9 Å². The van der Waals surface area contributed by atoms with Crippen LogP contribution in [0.5, 0.6) is 5.75 Å². The minimum atomic E-state index is -2.94. The molecular weight excluding hydrogens is 264 g/mol. The molecule has 0 fully saturated rings. The maximum Gasteiger partial charge on any atom is 0.147 e. The lowest BCUT2D eigenvalue weighted by Crippen LogP contribution is -2.13. The number of rotatable bonds is 6. The summed E-state index contributed by atoms with van der Waals surface area (Å²) in [6.07, 6.45) is 1.68. The van der Waals surface area contributed by atoms with E-state index in [9.17, 15) is 8.42 Å². The third kappa shape index (κ3) is 4.90. The van der Waals surface area contributed by atoms with Crippen LogP contribution < -0.4 is 10.5 Å². The number of hydrogen-bond donors (Lipinski definition) is 2. The lowest BCUT2D eigenvalue weighted by molar-refractivity contribution is 0.313. The smallest absolute Gasteiger partial charge is 0.147 e. The highest BCUT2D eigenvalue weighted by atomic mass is 32.2. The van der Waals surface area contributed by atoms with E-state index in [-0.39, 0.29) is 11.6 Å². The molecule has 106 valence electrons. The van der Waals surface area contributed by atoms with Crippen molar-refractivity contribution in [3.63, 3.8) is 0 Å². The van der Waals surface area contributed by atoms with Crippen LogP contribution in [0.2, 0.25) is 0 Å². The van der Waals surface area contributed by atoms with Gasteiger partial charge in [0.2, 0.25) is 0 Å². The van der Waals surface area contributed by atoms with E-state index >= 15 is 0 Å². The SMILES string of the molecule is Cc1cc(C(=N)N)cc(C)c1OCCCS(C)(=O)=O. The van der Waals surface area contributed by atoms with Gasteiger partial charge in [-0.3, -0.25) is 5.41 Å². The van der Waals surface area contributed by atoms with Crippen LogP contribution in [0.3, 0.4) is 0 Å². The number of nitrogens with two attached hydrogens (primary N) is 1. The highest BCUT2D eigenvalue weighted by Gasteiger charge is 2.09. The van der Waals surface area contributed by atoms with E-state index in [1.165, 1.54) is 6.26 Å². The molecule has 0 unspecified atom stereocenters. The summed E-state index contributed by atoms with van der Waals surface area (Å²) in [7, 11) is -2.94. The Bertz CT molecular complexity index is 557. The molecule has 0 heterocycles. The molecule has 5 nitrogen and oxygen atoms in total. The fraction of sp³-hybridized carbons (Fsp3) is 0.462. The molecule has 0 aliphatic rings. The van der Waals surface area contributed by atoms with Crippen LogP contribution in [0.25, 0.3) is 0 Å². The first-order valence-electron chi connectivity index (χ1n) is 5.97. The van der Waals surface area contributed by atoms with E-state index < -0.39 is 9.84 Å². The van der Waals surface area contributed by atoms with Gasteiger partial charge in [0.15, 0.2) is 0 Å². The summed E-state index contributed by atoms with van der Waals surface area (Å²) in [5.41, 5.74) is 7.90. The number of ether oxygens (including phenoxy) is 1. The Balaban J connectivity index is 2.72. The number of nitrogens with one attached hydrogen (secondary N) is 1. The van der Waals surface area contributed by atoms with Gasteiger partial charge < -0.3 is 10.5 Å². The summed E-state index contributed by atoms with van der Waals surface area (Å²) < 4.78 is 27.6. The molecule has 0 aliphatic heterocycles. The maximum absolute atomic E-state index is 11.0. The number of hydrogen-bond acceptors (Lipinski definition) is 4. The predicted molar refractivity (Wildman–Crippen MR) is 76.8 cm³/mol. The predicted octanol–water partition coefficient (Wildman–Crippen LogP) is 1.40. The Morgan fingerprint density at radius 2 is 1.84 bits per heavy atom. The lowest BCUT2D eigenvalue weighted by atomic mass is 10.1. The fourth-order valence-electron chi connectivity index (χ4n) is 1.83. The van der Waals surface area contributed by atoms with Crippen LogP contribution in [0.1, 0.15) is 23.1 Å². The Labute approximate surface area is 114 Å². The Hall–Kier alpha value is -1.56. The van der Waals surface area contributed by atoms with Crippen molar-refractivity contribution in [1.82, 2.24) is 0 Å². The molecule has 19 heavy (non-hydrogen) atoms. The van der Waals surface area contributed by atoms with Gasteiger partial charge in [0, 0.05) is 11.8 Å². The molecule has 1 aromatic rings. The van der Waals surface area contributed by atoms with Crippen molar-refractivity contribution >= 4 is 15.7 Å². The first-order valence-corrected chi connectivity index (χ1v) is 8.03. The summed E-state index contributed by atoms with van der Waals surface area (Å²) in [6.45, 7) is 4.12. The summed E-state index contributed by atoms with van der Waals surface area (Å²) >= 11 is 0. The zero-order valence-corrected chi connectivity index (χ0v) is 12.3. The zero-order chi connectivity index (χ0) is 14.6. The second kappa shape index (κ2) is 6.06. The first-order chi connectivity index (χ1) is 8.70. The standard InChI is InChI=1S/C13H20N2O3S/c1-9-7-11(13(14)15)8-10(2)12(9)18-5-4-6-19(3,16)17/h7-8H,4-6H2,1-3H3,(H3,14,15).